The monoisotopic (exact) mass is 303 g/mol. The zero-order chi connectivity index (χ0) is 16.6. The minimum atomic E-state index is -2.27. The summed E-state index contributed by atoms with van der Waals surface area (Å²) in [6, 6.07) is 2.08. The number of carboxylic acid groups (broad SMARTS) is 2. The van der Waals surface area contributed by atoms with Gasteiger partial charge in [-0.2, -0.15) is 5.10 Å². The molecule has 1 aromatic heterocycles. The second-order valence-electron chi connectivity index (χ2n) is 4.36. The molecule has 0 aliphatic carbocycles. The molecule has 120 valence electrons. The molecular formula is C12H21N3O6. The molecule has 0 saturated heterocycles. The van der Waals surface area contributed by atoms with E-state index in [4.69, 9.17) is 26.2 Å². The molecule has 0 aliphatic rings. The van der Waals surface area contributed by atoms with E-state index in [1.807, 2.05) is 11.6 Å². The van der Waals surface area contributed by atoms with Crippen LogP contribution in [0.25, 0.3) is 0 Å². The summed E-state index contributed by atoms with van der Waals surface area (Å²) in [5.41, 5.74) is 7.69. The van der Waals surface area contributed by atoms with E-state index in [1.165, 1.54) is 5.69 Å². The van der Waals surface area contributed by atoms with Gasteiger partial charge in [-0.1, -0.05) is 0 Å². The van der Waals surface area contributed by atoms with Crippen molar-refractivity contribution >= 4 is 11.9 Å². The summed E-state index contributed by atoms with van der Waals surface area (Å²) in [5.74, 6) is -3.54. The first-order chi connectivity index (χ1) is 9.70. The van der Waals surface area contributed by atoms with Crippen LogP contribution in [0.3, 0.4) is 0 Å². The molecule has 9 nitrogen and oxygen atoms in total. The minimum absolute atomic E-state index is 0.734. The summed E-state index contributed by atoms with van der Waals surface area (Å²) >= 11 is 0. The van der Waals surface area contributed by atoms with Crippen molar-refractivity contribution in [2.75, 3.05) is 6.54 Å². The van der Waals surface area contributed by atoms with Crippen LogP contribution >= 0.6 is 0 Å². The molecule has 21 heavy (non-hydrogen) atoms. The van der Waals surface area contributed by atoms with Crippen LogP contribution in [0.1, 0.15) is 17.8 Å². The number of aliphatic hydroxyl groups is 2. The highest BCUT2D eigenvalue weighted by molar-refractivity contribution is 5.83. The Kier molecular flexibility index (Phi) is 8.21. The Balaban J connectivity index is 0.000000384. The Morgan fingerprint density at radius 2 is 1.71 bits per heavy atom. The predicted octanol–water partition coefficient (Wildman–Crippen LogP) is -1.27. The molecule has 1 aromatic rings. The molecule has 2 atom stereocenters. The lowest BCUT2D eigenvalue weighted by Crippen LogP contribution is -2.39. The van der Waals surface area contributed by atoms with Crippen molar-refractivity contribution in [1.29, 1.82) is 0 Å². The van der Waals surface area contributed by atoms with Gasteiger partial charge in [-0.05, 0) is 32.9 Å². The molecule has 0 saturated carbocycles. The molecule has 1 heterocycles. The first-order valence-electron chi connectivity index (χ1n) is 6.23. The van der Waals surface area contributed by atoms with Gasteiger partial charge in [0, 0.05) is 12.2 Å². The second kappa shape index (κ2) is 9.06. The first kappa shape index (κ1) is 19.0. The number of hydrogen-bond acceptors (Lipinski definition) is 6. The Bertz CT molecular complexity index is 456. The summed E-state index contributed by atoms with van der Waals surface area (Å²) in [5, 5.41) is 36.8. The highest BCUT2D eigenvalue weighted by atomic mass is 16.4. The van der Waals surface area contributed by atoms with Gasteiger partial charge in [-0.3, -0.25) is 4.68 Å². The lowest BCUT2D eigenvalue weighted by Gasteiger charge is -2.07. The average Bonchev–Trinajstić information content (AvgIpc) is 2.73. The van der Waals surface area contributed by atoms with Crippen molar-refractivity contribution in [1.82, 2.24) is 9.78 Å². The number of nitrogens with zero attached hydrogens (tertiary/aromatic N) is 2. The van der Waals surface area contributed by atoms with Gasteiger partial charge < -0.3 is 26.2 Å². The van der Waals surface area contributed by atoms with Crippen molar-refractivity contribution in [3.8, 4) is 0 Å². The van der Waals surface area contributed by atoms with Crippen LogP contribution in [0, 0.1) is 13.8 Å². The fourth-order valence-electron chi connectivity index (χ4n) is 1.41. The van der Waals surface area contributed by atoms with Gasteiger partial charge in [0.1, 0.15) is 0 Å². The number of aryl methyl sites for hydroxylation is 3. The SMILES string of the molecule is Cc1cc(C)n(CCCN)n1.O=C(O)[C@H](O)[C@@H](O)C(=O)O. The third-order valence-electron chi connectivity index (χ3n) is 2.48. The van der Waals surface area contributed by atoms with Crippen molar-refractivity contribution in [3.63, 3.8) is 0 Å². The van der Waals surface area contributed by atoms with E-state index in [0.29, 0.717) is 0 Å². The van der Waals surface area contributed by atoms with E-state index in [2.05, 4.69) is 18.1 Å². The van der Waals surface area contributed by atoms with Crippen molar-refractivity contribution in [2.45, 2.75) is 39.0 Å². The van der Waals surface area contributed by atoms with Gasteiger partial charge in [0.25, 0.3) is 0 Å². The van der Waals surface area contributed by atoms with Gasteiger partial charge in [0.15, 0.2) is 12.2 Å². The van der Waals surface area contributed by atoms with Gasteiger partial charge in [0.05, 0.1) is 5.69 Å². The number of aliphatic carboxylic acids is 2. The number of nitrogens with two attached hydrogens (primary N) is 1. The molecule has 0 radical (unpaired) electrons. The zero-order valence-corrected chi connectivity index (χ0v) is 11.9. The number of carbonyl (C=O) groups is 2. The van der Waals surface area contributed by atoms with Gasteiger partial charge >= 0.3 is 11.9 Å². The smallest absolute Gasteiger partial charge is 0.335 e. The Hall–Kier alpha value is -1.97. The van der Waals surface area contributed by atoms with E-state index < -0.39 is 24.1 Å². The highest BCUT2D eigenvalue weighted by Crippen LogP contribution is 2.01. The Morgan fingerprint density at radius 1 is 1.24 bits per heavy atom. The Morgan fingerprint density at radius 3 is 2.00 bits per heavy atom. The molecule has 0 amide bonds. The van der Waals surface area contributed by atoms with Gasteiger partial charge in [-0.15, -0.1) is 0 Å². The third-order valence-corrected chi connectivity index (χ3v) is 2.48. The minimum Gasteiger partial charge on any atom is -0.479 e. The molecule has 0 unspecified atom stereocenters. The van der Waals surface area contributed by atoms with Crippen LogP contribution < -0.4 is 5.73 Å². The first-order valence-corrected chi connectivity index (χ1v) is 6.23. The molecule has 0 aromatic carbocycles. The van der Waals surface area contributed by atoms with Crippen LogP contribution in [0.15, 0.2) is 6.07 Å². The maximum Gasteiger partial charge on any atom is 0.335 e. The number of aromatic nitrogens is 2. The number of hydrogen-bond donors (Lipinski definition) is 5. The normalized spacial score (nSPS) is 13.0. The standard InChI is InChI=1S/C8H15N3.C4H6O6/c1-7-6-8(2)11(10-7)5-3-4-9;5-1(3(7)8)2(6)4(9)10/h6H,3-5,9H2,1-2H3;1-2,5-6H,(H,7,8)(H,9,10)/t;1-,2-/m.1/s1. The fourth-order valence-corrected chi connectivity index (χ4v) is 1.41. The predicted molar refractivity (Wildman–Crippen MR) is 72.7 cm³/mol. The zero-order valence-electron chi connectivity index (χ0n) is 11.9. The van der Waals surface area contributed by atoms with E-state index in [-0.39, 0.29) is 0 Å². The van der Waals surface area contributed by atoms with Crippen molar-refractivity contribution in [2.24, 2.45) is 5.73 Å². The van der Waals surface area contributed by atoms with Crippen molar-refractivity contribution < 1.29 is 30.0 Å². The maximum absolute atomic E-state index is 9.77. The fraction of sp³-hybridized carbons (Fsp3) is 0.583. The van der Waals surface area contributed by atoms with E-state index in [9.17, 15) is 9.59 Å². The topological polar surface area (TPSA) is 159 Å². The summed E-state index contributed by atoms with van der Waals surface area (Å²) in [7, 11) is 0. The Labute approximate surface area is 121 Å². The van der Waals surface area contributed by atoms with E-state index in [1.54, 1.807) is 0 Å². The van der Waals surface area contributed by atoms with Crippen molar-refractivity contribution in [3.05, 3.63) is 17.5 Å². The van der Waals surface area contributed by atoms with Crippen LogP contribution in [0.4, 0.5) is 0 Å². The highest BCUT2D eigenvalue weighted by Gasteiger charge is 2.29. The molecule has 0 bridgehead atoms. The largest absolute Gasteiger partial charge is 0.479 e. The van der Waals surface area contributed by atoms with Crippen LogP contribution in [0.2, 0.25) is 0 Å². The molecule has 9 heteroatoms. The molecule has 6 N–H and O–H groups in total. The van der Waals surface area contributed by atoms with Crippen LogP contribution in [0.5, 0.6) is 0 Å². The summed E-state index contributed by atoms with van der Waals surface area (Å²) < 4.78 is 2.00. The quantitative estimate of drug-likeness (QED) is 0.435. The lowest BCUT2D eigenvalue weighted by atomic mass is 10.2. The van der Waals surface area contributed by atoms with E-state index >= 15 is 0 Å². The molecule has 0 aliphatic heterocycles. The van der Waals surface area contributed by atoms with E-state index in [0.717, 1.165) is 25.2 Å². The molecule has 0 fully saturated rings. The third kappa shape index (κ3) is 6.84. The number of aliphatic hydroxyl groups excluding tert-OH is 2. The van der Waals surface area contributed by atoms with Gasteiger partial charge in [0.2, 0.25) is 0 Å². The molecule has 0 spiro atoms. The maximum atomic E-state index is 9.77. The van der Waals surface area contributed by atoms with Crippen LogP contribution in [-0.2, 0) is 16.1 Å². The average molecular weight is 303 g/mol. The summed E-state index contributed by atoms with van der Waals surface area (Å²) in [4.78, 5) is 19.5. The number of rotatable bonds is 6. The molecule has 1 rings (SSSR count). The lowest BCUT2D eigenvalue weighted by molar-refractivity contribution is -0.165. The number of carboxylic acids is 2. The molecular weight excluding hydrogens is 282 g/mol. The van der Waals surface area contributed by atoms with Gasteiger partial charge in [-0.25, -0.2) is 9.59 Å². The second-order valence-corrected chi connectivity index (χ2v) is 4.36. The van der Waals surface area contributed by atoms with Crippen LogP contribution in [-0.4, -0.2) is 60.9 Å². The summed E-state index contributed by atoms with van der Waals surface area (Å²) in [6.45, 7) is 5.75. The summed E-state index contributed by atoms with van der Waals surface area (Å²) in [6.07, 6.45) is -3.53.